The molecule has 0 unspecified atom stereocenters. The van der Waals surface area contributed by atoms with Crippen LogP contribution < -0.4 is 5.32 Å². The molecule has 0 saturated heterocycles. The number of hydrogen-bond donors (Lipinski definition) is 1. The Balaban J connectivity index is 3.57. The standard InChI is InChI=1S/C5H8N4O3S/c1-13-5(8-4-6)7-2-3-12-9(10)11/h2-3H2,1H3,(H,7,8). The third kappa shape index (κ3) is 6.89. The van der Waals surface area contributed by atoms with Crippen LogP contribution in [0.4, 0.5) is 0 Å². The normalized spacial score (nSPS) is 10.3. The minimum atomic E-state index is -0.873. The summed E-state index contributed by atoms with van der Waals surface area (Å²) in [6, 6.07) is 0. The SMILES string of the molecule is CSC(=NC#N)NCCO[N+](=O)[O-]. The molecule has 0 amide bonds. The monoisotopic (exact) mass is 204 g/mol. The predicted octanol–water partition coefficient (Wildman–Crippen LogP) is -0.0156. The maximum absolute atomic E-state index is 9.71. The lowest BCUT2D eigenvalue weighted by Crippen LogP contribution is -2.25. The molecule has 7 nitrogen and oxygen atoms in total. The van der Waals surface area contributed by atoms with Gasteiger partial charge in [0.1, 0.15) is 6.61 Å². The number of nitriles is 1. The molecule has 0 aliphatic rings. The zero-order valence-corrected chi connectivity index (χ0v) is 7.71. The van der Waals surface area contributed by atoms with E-state index in [1.807, 2.05) is 0 Å². The molecule has 0 aromatic rings. The Hall–Kier alpha value is -1.49. The Kier molecular flexibility index (Phi) is 6.35. The fourth-order valence-electron chi connectivity index (χ4n) is 0.481. The van der Waals surface area contributed by atoms with Crippen molar-refractivity contribution in [2.45, 2.75) is 0 Å². The Morgan fingerprint density at radius 3 is 3.08 bits per heavy atom. The van der Waals surface area contributed by atoms with Gasteiger partial charge in [-0.25, -0.2) is 0 Å². The van der Waals surface area contributed by atoms with E-state index in [4.69, 9.17) is 5.26 Å². The van der Waals surface area contributed by atoms with Crippen LogP contribution in [0.2, 0.25) is 0 Å². The van der Waals surface area contributed by atoms with E-state index in [1.54, 1.807) is 12.4 Å². The van der Waals surface area contributed by atoms with Crippen molar-refractivity contribution in [1.29, 1.82) is 5.26 Å². The summed E-state index contributed by atoms with van der Waals surface area (Å²) in [4.78, 5) is 17.1. The van der Waals surface area contributed by atoms with E-state index in [0.29, 0.717) is 5.17 Å². The largest absolute Gasteiger partial charge is 0.362 e. The topological polar surface area (TPSA) is 101 Å². The number of hydrogen-bond acceptors (Lipinski definition) is 6. The molecule has 0 radical (unpaired) electrons. The van der Waals surface area contributed by atoms with Gasteiger partial charge >= 0.3 is 0 Å². The van der Waals surface area contributed by atoms with Crippen LogP contribution in [0.25, 0.3) is 0 Å². The van der Waals surface area contributed by atoms with Crippen LogP contribution in [0.15, 0.2) is 4.99 Å². The van der Waals surface area contributed by atoms with Gasteiger partial charge in [-0.3, -0.25) is 0 Å². The molecule has 0 atom stereocenters. The first-order valence-corrected chi connectivity index (χ1v) is 4.45. The van der Waals surface area contributed by atoms with Gasteiger partial charge < -0.3 is 10.2 Å². The zero-order chi connectivity index (χ0) is 10.1. The molecule has 72 valence electrons. The first-order chi connectivity index (χ1) is 6.20. The smallest absolute Gasteiger partial charge is 0.294 e. The van der Waals surface area contributed by atoms with Crippen LogP contribution >= 0.6 is 11.8 Å². The van der Waals surface area contributed by atoms with Crippen molar-refractivity contribution in [3.05, 3.63) is 10.1 Å². The van der Waals surface area contributed by atoms with Crippen LogP contribution in [-0.2, 0) is 4.84 Å². The van der Waals surface area contributed by atoms with Crippen molar-refractivity contribution in [2.24, 2.45) is 4.99 Å². The highest BCUT2D eigenvalue weighted by atomic mass is 32.2. The molecule has 0 heterocycles. The summed E-state index contributed by atoms with van der Waals surface area (Å²) < 4.78 is 0. The Labute approximate surface area is 78.9 Å². The van der Waals surface area contributed by atoms with E-state index in [9.17, 15) is 10.1 Å². The Bertz CT molecular complexity index is 236. The molecule has 0 saturated carbocycles. The summed E-state index contributed by atoms with van der Waals surface area (Å²) in [7, 11) is 0. The average molecular weight is 204 g/mol. The molecule has 8 heteroatoms. The number of thioether (sulfide) groups is 1. The second kappa shape index (κ2) is 7.17. The quantitative estimate of drug-likeness (QED) is 0.172. The molecule has 0 aromatic carbocycles. The van der Waals surface area contributed by atoms with Gasteiger partial charge in [-0.05, 0) is 6.26 Å². The Morgan fingerprint density at radius 1 is 1.92 bits per heavy atom. The molecular weight excluding hydrogens is 196 g/mol. The van der Waals surface area contributed by atoms with Gasteiger partial charge in [0.2, 0.25) is 6.19 Å². The molecule has 0 spiro atoms. The molecule has 13 heavy (non-hydrogen) atoms. The van der Waals surface area contributed by atoms with E-state index in [1.165, 1.54) is 11.8 Å². The number of rotatable bonds is 4. The summed E-state index contributed by atoms with van der Waals surface area (Å²) in [5.41, 5.74) is 0. The van der Waals surface area contributed by atoms with Crippen molar-refractivity contribution >= 4 is 16.9 Å². The summed E-state index contributed by atoms with van der Waals surface area (Å²) in [6.45, 7) is 0.167. The lowest BCUT2D eigenvalue weighted by molar-refractivity contribution is -0.757. The first kappa shape index (κ1) is 11.5. The van der Waals surface area contributed by atoms with Crippen LogP contribution in [0.1, 0.15) is 0 Å². The van der Waals surface area contributed by atoms with Gasteiger partial charge in [-0.1, -0.05) is 11.8 Å². The number of nitrogens with zero attached hydrogens (tertiary/aromatic N) is 3. The fourth-order valence-corrected chi connectivity index (χ4v) is 0.859. The van der Waals surface area contributed by atoms with Gasteiger partial charge in [-0.15, -0.1) is 15.1 Å². The second-order valence-electron chi connectivity index (χ2n) is 1.70. The van der Waals surface area contributed by atoms with Crippen molar-refractivity contribution < 1.29 is 9.92 Å². The van der Waals surface area contributed by atoms with E-state index in [2.05, 4.69) is 15.1 Å². The third-order valence-electron chi connectivity index (χ3n) is 0.920. The highest BCUT2D eigenvalue weighted by Gasteiger charge is 1.97. The maximum atomic E-state index is 9.71. The summed E-state index contributed by atoms with van der Waals surface area (Å²) in [6.07, 6.45) is 3.33. The maximum Gasteiger partial charge on any atom is 0.294 e. The van der Waals surface area contributed by atoms with E-state index >= 15 is 0 Å². The average Bonchev–Trinajstić information content (AvgIpc) is 2.10. The van der Waals surface area contributed by atoms with Gasteiger partial charge in [0, 0.05) is 6.54 Å². The van der Waals surface area contributed by atoms with Crippen LogP contribution in [0, 0.1) is 21.6 Å². The fraction of sp³-hybridized carbons (Fsp3) is 0.600. The third-order valence-corrected chi connectivity index (χ3v) is 1.54. The number of aliphatic imine (C=N–C) groups is 1. The number of nitrogens with one attached hydrogen (secondary N) is 1. The van der Waals surface area contributed by atoms with E-state index in [-0.39, 0.29) is 13.2 Å². The summed E-state index contributed by atoms with van der Waals surface area (Å²) in [5, 5.41) is 20.1. The van der Waals surface area contributed by atoms with Crippen molar-refractivity contribution in [2.75, 3.05) is 19.4 Å². The zero-order valence-electron chi connectivity index (χ0n) is 6.89. The molecule has 0 aromatic heterocycles. The molecule has 0 fully saturated rings. The predicted molar refractivity (Wildman–Crippen MR) is 47.5 cm³/mol. The number of amidine groups is 1. The van der Waals surface area contributed by atoms with E-state index < -0.39 is 5.09 Å². The van der Waals surface area contributed by atoms with Crippen LogP contribution in [-0.4, -0.2) is 29.7 Å². The van der Waals surface area contributed by atoms with Gasteiger partial charge in [0.25, 0.3) is 5.09 Å². The lowest BCUT2D eigenvalue weighted by Gasteiger charge is -2.03. The summed E-state index contributed by atoms with van der Waals surface area (Å²) >= 11 is 1.24. The van der Waals surface area contributed by atoms with Gasteiger partial charge in [-0.2, -0.15) is 5.26 Å². The first-order valence-electron chi connectivity index (χ1n) is 3.22. The summed E-state index contributed by atoms with van der Waals surface area (Å²) in [5.74, 6) is 0. The van der Waals surface area contributed by atoms with Crippen molar-refractivity contribution in [1.82, 2.24) is 5.32 Å². The molecule has 0 aliphatic heterocycles. The van der Waals surface area contributed by atoms with Gasteiger partial charge in [0.05, 0.1) is 0 Å². The van der Waals surface area contributed by atoms with Crippen LogP contribution in [0.3, 0.4) is 0 Å². The minimum Gasteiger partial charge on any atom is -0.362 e. The molecular formula is C5H8N4O3S. The van der Waals surface area contributed by atoms with E-state index in [0.717, 1.165) is 0 Å². The van der Waals surface area contributed by atoms with Crippen molar-refractivity contribution in [3.8, 4) is 6.19 Å². The van der Waals surface area contributed by atoms with Crippen molar-refractivity contribution in [3.63, 3.8) is 0 Å². The Morgan fingerprint density at radius 2 is 2.62 bits per heavy atom. The molecule has 0 aliphatic carbocycles. The van der Waals surface area contributed by atoms with Gasteiger partial charge in [0.15, 0.2) is 5.17 Å². The highest BCUT2D eigenvalue weighted by Crippen LogP contribution is 1.93. The van der Waals surface area contributed by atoms with Crippen LogP contribution in [0.5, 0.6) is 0 Å². The highest BCUT2D eigenvalue weighted by molar-refractivity contribution is 8.13. The molecule has 0 rings (SSSR count). The second-order valence-corrected chi connectivity index (χ2v) is 2.50. The molecule has 0 bridgehead atoms. The minimum absolute atomic E-state index is 0.0714. The molecule has 1 N–H and O–H groups in total. The lowest BCUT2D eigenvalue weighted by atomic mass is 10.7.